The minimum atomic E-state index is -0.312. The molecule has 0 spiro atoms. The molecule has 1 aliphatic carbocycles. The van der Waals surface area contributed by atoms with Gasteiger partial charge in [0.25, 0.3) is 0 Å². The minimum Gasteiger partial charge on any atom is -0.493 e. The molecule has 0 radical (unpaired) electrons. The zero-order chi connectivity index (χ0) is 13.4. The van der Waals surface area contributed by atoms with Crippen LogP contribution >= 0.6 is 11.3 Å². The number of aromatic amines is 1. The summed E-state index contributed by atoms with van der Waals surface area (Å²) < 4.78 is 0. The Hall–Kier alpha value is -2.40. The molecule has 1 aliphatic rings. The molecule has 0 saturated carbocycles. The van der Waals surface area contributed by atoms with Gasteiger partial charge in [-0.2, -0.15) is 0 Å². The first-order valence-corrected chi connectivity index (χ1v) is 6.42. The fraction of sp³-hybridized carbons (Fsp3) is 0. The molecular formula is C14H9NO3S. The smallest absolute Gasteiger partial charge is 0.307 e. The van der Waals surface area contributed by atoms with Crippen molar-refractivity contribution < 1.29 is 9.90 Å². The number of benzene rings is 1. The van der Waals surface area contributed by atoms with Gasteiger partial charge in [-0.3, -0.25) is 14.6 Å². The van der Waals surface area contributed by atoms with Crippen LogP contribution in [0.5, 0.6) is 5.88 Å². The predicted molar refractivity (Wildman–Crippen MR) is 74.4 cm³/mol. The van der Waals surface area contributed by atoms with E-state index < -0.39 is 0 Å². The summed E-state index contributed by atoms with van der Waals surface area (Å²) in [6.07, 6.45) is 4.87. The first-order chi connectivity index (χ1) is 9.15. The lowest BCUT2D eigenvalue weighted by Crippen LogP contribution is -2.04. The van der Waals surface area contributed by atoms with Gasteiger partial charge in [-0.15, -0.1) is 0 Å². The van der Waals surface area contributed by atoms with Crippen LogP contribution in [0.15, 0.2) is 41.2 Å². The van der Waals surface area contributed by atoms with Crippen molar-refractivity contribution in [1.82, 2.24) is 4.98 Å². The van der Waals surface area contributed by atoms with E-state index in [-0.39, 0.29) is 16.5 Å². The van der Waals surface area contributed by atoms with Crippen LogP contribution in [0.4, 0.5) is 0 Å². The van der Waals surface area contributed by atoms with Crippen LogP contribution < -0.4 is 4.87 Å². The Morgan fingerprint density at radius 3 is 2.53 bits per heavy atom. The molecule has 19 heavy (non-hydrogen) atoms. The topological polar surface area (TPSA) is 70.2 Å². The van der Waals surface area contributed by atoms with E-state index in [1.54, 1.807) is 24.3 Å². The summed E-state index contributed by atoms with van der Waals surface area (Å²) in [6, 6.07) is 7.25. The van der Waals surface area contributed by atoms with Crippen LogP contribution in [0.1, 0.15) is 20.8 Å². The summed E-state index contributed by atoms with van der Waals surface area (Å²) in [4.78, 5) is 25.3. The molecule has 0 atom stereocenters. The summed E-state index contributed by atoms with van der Waals surface area (Å²) in [5, 5.41) is 9.58. The van der Waals surface area contributed by atoms with E-state index in [1.165, 1.54) is 6.08 Å². The van der Waals surface area contributed by atoms with Gasteiger partial charge in [-0.05, 0) is 23.3 Å². The molecule has 0 fully saturated rings. The lowest BCUT2D eigenvalue weighted by molar-refractivity contribution is 0.104. The molecule has 0 saturated heterocycles. The average molecular weight is 271 g/mol. The second-order valence-electron chi connectivity index (χ2n) is 4.07. The normalized spacial score (nSPS) is 15.8. The number of thiazole rings is 1. The minimum absolute atomic E-state index is 0.0424. The summed E-state index contributed by atoms with van der Waals surface area (Å²) in [7, 11) is 0. The zero-order valence-electron chi connectivity index (χ0n) is 9.71. The third-order valence-electron chi connectivity index (χ3n) is 2.86. The third-order valence-corrected chi connectivity index (χ3v) is 3.68. The Labute approximate surface area is 112 Å². The number of aromatic nitrogens is 1. The van der Waals surface area contributed by atoms with Crippen LogP contribution in [0.3, 0.4) is 0 Å². The lowest BCUT2D eigenvalue weighted by Gasteiger charge is -2.12. The van der Waals surface area contributed by atoms with Gasteiger partial charge in [-0.1, -0.05) is 41.7 Å². The van der Waals surface area contributed by atoms with Gasteiger partial charge in [0, 0.05) is 5.56 Å². The Morgan fingerprint density at radius 1 is 1.11 bits per heavy atom. The van der Waals surface area contributed by atoms with E-state index >= 15 is 0 Å². The number of rotatable bonds is 1. The highest BCUT2D eigenvalue weighted by molar-refractivity contribution is 7.10. The van der Waals surface area contributed by atoms with Crippen LogP contribution in [0, 0.1) is 0 Å². The fourth-order valence-electron chi connectivity index (χ4n) is 1.99. The van der Waals surface area contributed by atoms with Crippen molar-refractivity contribution in [2.24, 2.45) is 0 Å². The van der Waals surface area contributed by atoms with Crippen molar-refractivity contribution >= 4 is 28.8 Å². The molecule has 94 valence electrons. The van der Waals surface area contributed by atoms with Gasteiger partial charge in [0.2, 0.25) is 5.88 Å². The molecule has 4 nitrogen and oxygen atoms in total. The van der Waals surface area contributed by atoms with Gasteiger partial charge in [0.05, 0.1) is 4.88 Å². The number of H-pyrrole nitrogens is 1. The summed E-state index contributed by atoms with van der Waals surface area (Å²) in [5.41, 5.74) is 2.22. The molecule has 2 aromatic rings. The molecule has 0 bridgehead atoms. The van der Waals surface area contributed by atoms with Gasteiger partial charge in [0.15, 0.2) is 5.78 Å². The predicted octanol–water partition coefficient (Wildman–Crippen LogP) is 2.44. The Bertz CT molecular complexity index is 780. The van der Waals surface area contributed by atoms with E-state index in [0.29, 0.717) is 10.4 Å². The zero-order valence-corrected chi connectivity index (χ0v) is 10.5. The summed E-state index contributed by atoms with van der Waals surface area (Å²) in [5.74, 6) is -0.190. The number of aromatic hydroxyl groups is 1. The quantitative estimate of drug-likeness (QED) is 0.837. The lowest BCUT2D eigenvalue weighted by atomic mass is 9.91. The Morgan fingerprint density at radius 2 is 1.84 bits per heavy atom. The maximum Gasteiger partial charge on any atom is 0.307 e. The van der Waals surface area contributed by atoms with Crippen LogP contribution in [0.25, 0.3) is 11.6 Å². The van der Waals surface area contributed by atoms with E-state index in [0.717, 1.165) is 22.5 Å². The average Bonchev–Trinajstić information content (AvgIpc) is 2.72. The van der Waals surface area contributed by atoms with Crippen molar-refractivity contribution in [2.45, 2.75) is 0 Å². The largest absolute Gasteiger partial charge is 0.493 e. The van der Waals surface area contributed by atoms with Crippen LogP contribution in [-0.2, 0) is 0 Å². The molecule has 2 N–H and O–H groups in total. The fourth-order valence-corrected chi connectivity index (χ4v) is 2.67. The monoisotopic (exact) mass is 271 g/mol. The number of ketones is 1. The first-order valence-electron chi connectivity index (χ1n) is 5.61. The molecule has 0 aliphatic heterocycles. The second-order valence-corrected chi connectivity index (χ2v) is 5.08. The summed E-state index contributed by atoms with van der Waals surface area (Å²) in [6.45, 7) is 0. The number of hydrogen-bond acceptors (Lipinski definition) is 4. The van der Waals surface area contributed by atoms with Gasteiger partial charge in [0.1, 0.15) is 0 Å². The second kappa shape index (κ2) is 4.37. The van der Waals surface area contributed by atoms with Crippen molar-refractivity contribution in [3.63, 3.8) is 0 Å². The van der Waals surface area contributed by atoms with Crippen LogP contribution in [-0.4, -0.2) is 15.9 Å². The molecule has 1 aromatic heterocycles. The van der Waals surface area contributed by atoms with Crippen molar-refractivity contribution in [3.05, 3.63) is 62.1 Å². The highest BCUT2D eigenvalue weighted by Crippen LogP contribution is 2.30. The Balaban J connectivity index is 2.16. The molecule has 5 heteroatoms. The molecule has 1 heterocycles. The van der Waals surface area contributed by atoms with Crippen molar-refractivity contribution in [2.75, 3.05) is 0 Å². The van der Waals surface area contributed by atoms with Crippen LogP contribution in [0.2, 0.25) is 0 Å². The third kappa shape index (κ3) is 2.04. The molecule has 0 unspecified atom stereocenters. The number of fused-ring (bicyclic) bond motifs is 1. The van der Waals surface area contributed by atoms with E-state index in [2.05, 4.69) is 4.98 Å². The van der Waals surface area contributed by atoms with Crippen molar-refractivity contribution in [1.29, 1.82) is 0 Å². The number of carbonyl (C=O) groups excluding carboxylic acids is 1. The highest BCUT2D eigenvalue weighted by atomic mass is 32.1. The summed E-state index contributed by atoms with van der Waals surface area (Å²) >= 11 is 0.927. The SMILES string of the molecule is O=C1C=CC(=Cc2sc(=O)[nH]c2O)c2ccccc21. The van der Waals surface area contributed by atoms with Gasteiger partial charge in [-0.25, -0.2) is 0 Å². The number of nitrogens with one attached hydrogen (secondary N) is 1. The van der Waals surface area contributed by atoms with Crippen molar-refractivity contribution in [3.8, 4) is 5.88 Å². The number of allylic oxidation sites excluding steroid dienone is 3. The molecular weight excluding hydrogens is 262 g/mol. The maximum atomic E-state index is 11.7. The number of carbonyl (C=O) groups is 1. The first kappa shape index (κ1) is 11.7. The van der Waals surface area contributed by atoms with E-state index in [9.17, 15) is 14.7 Å². The number of hydrogen-bond donors (Lipinski definition) is 2. The maximum absolute atomic E-state index is 11.7. The molecule has 1 aromatic carbocycles. The molecule has 3 rings (SSSR count). The van der Waals surface area contributed by atoms with E-state index in [4.69, 9.17) is 0 Å². The standard InChI is InChI=1S/C14H9NO3S/c16-11-6-5-8(9-3-1-2-4-10(9)11)7-12-13(17)15-14(18)19-12/h1-7,17H,(H,15,18). The highest BCUT2D eigenvalue weighted by Gasteiger charge is 2.16. The van der Waals surface area contributed by atoms with E-state index in [1.807, 2.05) is 12.1 Å². The Kier molecular flexibility index (Phi) is 2.68. The molecule has 0 amide bonds. The van der Waals surface area contributed by atoms with Gasteiger partial charge < -0.3 is 5.11 Å². The van der Waals surface area contributed by atoms with Gasteiger partial charge >= 0.3 is 4.87 Å².